The highest BCUT2D eigenvalue weighted by Gasteiger charge is 2.15. The molecule has 1 saturated heterocycles. The van der Waals surface area contributed by atoms with Gasteiger partial charge in [0.15, 0.2) is 5.11 Å². The van der Waals surface area contributed by atoms with Gasteiger partial charge in [-0.2, -0.15) is 5.10 Å². The lowest BCUT2D eigenvalue weighted by Gasteiger charge is -2.11. The largest absolute Gasteiger partial charge is 0.868 e. The fourth-order valence-corrected chi connectivity index (χ4v) is 2.11. The Morgan fingerprint density at radius 2 is 2.41 bits per heavy atom. The van der Waals surface area contributed by atoms with Crippen molar-refractivity contribution in [3.8, 4) is 5.75 Å². The number of hydrazone groups is 1. The summed E-state index contributed by atoms with van der Waals surface area (Å²) in [7, 11) is 0. The summed E-state index contributed by atoms with van der Waals surface area (Å²) in [6.07, 6.45) is 3.58. The highest BCUT2D eigenvalue weighted by molar-refractivity contribution is 7.80. The van der Waals surface area contributed by atoms with E-state index in [0.29, 0.717) is 17.2 Å². The van der Waals surface area contributed by atoms with Crippen molar-refractivity contribution in [2.45, 2.75) is 18.9 Å². The monoisotopic (exact) mass is 323 g/mol. The van der Waals surface area contributed by atoms with Crippen LogP contribution in [0.5, 0.6) is 5.75 Å². The van der Waals surface area contributed by atoms with Gasteiger partial charge >= 0.3 is 0 Å². The Morgan fingerprint density at radius 3 is 3.09 bits per heavy atom. The summed E-state index contributed by atoms with van der Waals surface area (Å²) in [4.78, 5) is 9.95. The lowest BCUT2D eigenvalue weighted by atomic mass is 10.2. The van der Waals surface area contributed by atoms with E-state index in [1.165, 1.54) is 12.3 Å². The van der Waals surface area contributed by atoms with E-state index in [9.17, 15) is 15.2 Å². The summed E-state index contributed by atoms with van der Waals surface area (Å²) in [5.41, 5.74) is 2.55. The molecule has 1 aromatic rings. The quantitative estimate of drug-likeness (QED) is 0.354. The van der Waals surface area contributed by atoms with Crippen LogP contribution < -0.4 is 15.8 Å². The molecule has 0 bridgehead atoms. The van der Waals surface area contributed by atoms with E-state index in [2.05, 4.69) is 15.8 Å². The molecule has 22 heavy (non-hydrogen) atoms. The predicted molar refractivity (Wildman–Crippen MR) is 82.8 cm³/mol. The number of nitro groups is 1. The first-order valence-electron chi connectivity index (χ1n) is 6.70. The van der Waals surface area contributed by atoms with Crippen LogP contribution in [0.3, 0.4) is 0 Å². The molecule has 0 spiro atoms. The average molecular weight is 323 g/mol. The predicted octanol–water partition coefficient (Wildman–Crippen LogP) is 0.645. The zero-order valence-electron chi connectivity index (χ0n) is 11.7. The van der Waals surface area contributed by atoms with Crippen molar-refractivity contribution >= 4 is 29.2 Å². The van der Waals surface area contributed by atoms with Gasteiger partial charge in [0, 0.05) is 24.8 Å². The number of nitrogens with zero attached hydrogens (tertiary/aromatic N) is 2. The molecule has 0 saturated carbocycles. The molecule has 2 N–H and O–H groups in total. The van der Waals surface area contributed by atoms with Crippen molar-refractivity contribution < 1.29 is 14.8 Å². The van der Waals surface area contributed by atoms with Crippen LogP contribution >= 0.6 is 12.2 Å². The number of ether oxygens (including phenoxy) is 1. The average Bonchev–Trinajstić information content (AvgIpc) is 3.00. The highest BCUT2D eigenvalue weighted by atomic mass is 32.1. The third-order valence-corrected chi connectivity index (χ3v) is 3.31. The molecule has 0 unspecified atom stereocenters. The van der Waals surface area contributed by atoms with Gasteiger partial charge in [-0.25, -0.2) is 0 Å². The van der Waals surface area contributed by atoms with E-state index in [1.807, 2.05) is 0 Å². The summed E-state index contributed by atoms with van der Waals surface area (Å²) in [6, 6.07) is 3.74. The van der Waals surface area contributed by atoms with Gasteiger partial charge in [-0.3, -0.25) is 15.5 Å². The Bertz CT molecular complexity index is 587. The highest BCUT2D eigenvalue weighted by Crippen LogP contribution is 2.22. The molecule has 118 valence electrons. The molecule has 1 heterocycles. The first-order valence-corrected chi connectivity index (χ1v) is 7.11. The van der Waals surface area contributed by atoms with Gasteiger partial charge in [0.1, 0.15) is 0 Å². The minimum atomic E-state index is -0.721. The summed E-state index contributed by atoms with van der Waals surface area (Å²) in [5.74, 6) is -0.635. The molecule has 1 atom stereocenters. The van der Waals surface area contributed by atoms with E-state index < -0.39 is 16.4 Å². The van der Waals surface area contributed by atoms with Crippen LogP contribution in [-0.4, -0.2) is 35.5 Å². The van der Waals surface area contributed by atoms with Crippen molar-refractivity contribution in [2.75, 3.05) is 13.2 Å². The van der Waals surface area contributed by atoms with Gasteiger partial charge in [0.2, 0.25) is 0 Å². The van der Waals surface area contributed by atoms with Crippen LogP contribution in [0.15, 0.2) is 23.3 Å². The Balaban J connectivity index is 1.82. The summed E-state index contributed by atoms with van der Waals surface area (Å²) in [5, 5.41) is 29.1. The van der Waals surface area contributed by atoms with E-state index in [1.54, 1.807) is 0 Å². The maximum Gasteiger partial charge on any atom is 0.262 e. The van der Waals surface area contributed by atoms with E-state index in [4.69, 9.17) is 17.0 Å². The SMILES string of the molecule is O=[N+]([O-])c1cc(/C=N\NC(=S)NC[C@@H]2CCCO2)ccc1[O-]. The second-order valence-corrected chi connectivity index (χ2v) is 5.11. The van der Waals surface area contributed by atoms with Gasteiger partial charge in [-0.1, -0.05) is 12.1 Å². The molecule has 1 aromatic carbocycles. The number of hydrogen-bond donors (Lipinski definition) is 2. The number of rotatable bonds is 5. The zero-order chi connectivity index (χ0) is 15.9. The van der Waals surface area contributed by atoms with E-state index in [-0.39, 0.29) is 6.10 Å². The van der Waals surface area contributed by atoms with Crippen molar-refractivity contribution in [3.63, 3.8) is 0 Å². The second-order valence-electron chi connectivity index (χ2n) is 4.70. The molecule has 0 radical (unpaired) electrons. The topological polar surface area (TPSA) is 112 Å². The minimum absolute atomic E-state index is 0.163. The molecular formula is C13H15N4O4S-. The van der Waals surface area contributed by atoms with Crippen molar-refractivity contribution in [2.24, 2.45) is 5.10 Å². The number of hydrogen-bond acceptors (Lipinski definition) is 6. The Labute approximate surface area is 132 Å². The molecule has 0 aromatic heterocycles. The molecule has 1 fully saturated rings. The van der Waals surface area contributed by atoms with Crippen LogP contribution in [0.25, 0.3) is 0 Å². The summed E-state index contributed by atoms with van der Waals surface area (Å²) < 4.78 is 5.44. The zero-order valence-corrected chi connectivity index (χ0v) is 12.5. The number of nitro benzene ring substituents is 1. The van der Waals surface area contributed by atoms with Gasteiger partial charge in [0.25, 0.3) is 5.69 Å². The van der Waals surface area contributed by atoms with Gasteiger partial charge in [-0.15, -0.1) is 0 Å². The van der Waals surface area contributed by atoms with E-state index in [0.717, 1.165) is 31.6 Å². The summed E-state index contributed by atoms with van der Waals surface area (Å²) >= 11 is 5.04. The lowest BCUT2D eigenvalue weighted by Crippen LogP contribution is -2.37. The van der Waals surface area contributed by atoms with Crippen LogP contribution in [0.4, 0.5) is 5.69 Å². The first kappa shape index (κ1) is 16.1. The molecule has 0 amide bonds. The third kappa shape index (κ3) is 4.64. The van der Waals surface area contributed by atoms with Crippen LogP contribution in [0, 0.1) is 10.1 Å². The van der Waals surface area contributed by atoms with Crippen molar-refractivity contribution in [1.82, 2.24) is 10.7 Å². The number of thiocarbonyl (C=S) groups is 1. The maximum atomic E-state index is 11.3. The standard InChI is InChI=1S/C13H16N4O4S/c18-12-4-3-9(6-11(12)17(19)20)7-15-16-13(22)14-8-10-2-1-5-21-10/h3-4,6-7,10,18H,1-2,5,8H2,(H2,14,16,22)/p-1/b15-7-/t10-/m0/s1. The number of benzene rings is 1. The van der Waals surface area contributed by atoms with Crippen LogP contribution in [0.1, 0.15) is 18.4 Å². The Morgan fingerprint density at radius 1 is 1.59 bits per heavy atom. The minimum Gasteiger partial charge on any atom is -0.868 e. The molecular weight excluding hydrogens is 308 g/mol. The third-order valence-electron chi connectivity index (χ3n) is 3.07. The smallest absolute Gasteiger partial charge is 0.262 e. The normalized spacial score (nSPS) is 17.5. The maximum absolute atomic E-state index is 11.3. The molecule has 1 aliphatic heterocycles. The fraction of sp³-hybridized carbons (Fsp3) is 0.385. The molecule has 1 aliphatic rings. The fourth-order valence-electron chi connectivity index (χ4n) is 1.97. The first-order chi connectivity index (χ1) is 10.6. The van der Waals surface area contributed by atoms with Crippen LogP contribution in [-0.2, 0) is 4.74 Å². The molecule has 8 nitrogen and oxygen atoms in total. The van der Waals surface area contributed by atoms with Gasteiger partial charge in [0.05, 0.1) is 17.2 Å². The van der Waals surface area contributed by atoms with Gasteiger partial charge in [-0.05, 0) is 30.8 Å². The van der Waals surface area contributed by atoms with E-state index >= 15 is 0 Å². The van der Waals surface area contributed by atoms with Crippen LogP contribution in [0.2, 0.25) is 0 Å². The Kier molecular flexibility index (Phi) is 5.61. The van der Waals surface area contributed by atoms with Crippen molar-refractivity contribution in [1.29, 1.82) is 0 Å². The van der Waals surface area contributed by atoms with Gasteiger partial charge < -0.3 is 15.2 Å². The lowest BCUT2D eigenvalue weighted by molar-refractivity contribution is -0.398. The molecule has 9 heteroatoms. The van der Waals surface area contributed by atoms with Crippen molar-refractivity contribution in [3.05, 3.63) is 33.9 Å². The number of nitrogens with one attached hydrogen (secondary N) is 2. The molecule has 2 rings (SSSR count). The molecule has 0 aliphatic carbocycles. The second kappa shape index (κ2) is 7.66. The summed E-state index contributed by atoms with van der Waals surface area (Å²) in [6.45, 7) is 1.39. The Hall–Kier alpha value is -2.26.